The molecule has 1 heterocycles. The number of amides is 1. The number of sulfone groups is 1. The van der Waals surface area contributed by atoms with E-state index in [9.17, 15) is 13.2 Å². The summed E-state index contributed by atoms with van der Waals surface area (Å²) in [6.07, 6.45) is 0.629. The number of ether oxygens (including phenoxy) is 1. The van der Waals surface area contributed by atoms with Crippen molar-refractivity contribution < 1.29 is 23.1 Å². The Balaban J connectivity index is 2.05. The quantitative estimate of drug-likeness (QED) is 0.803. The van der Waals surface area contributed by atoms with Crippen molar-refractivity contribution in [3.05, 3.63) is 41.8 Å². The fraction of sp³-hybridized carbons (Fsp3) is 0.357. The Morgan fingerprint density at radius 2 is 2.10 bits per heavy atom. The van der Waals surface area contributed by atoms with Crippen molar-refractivity contribution in [2.24, 2.45) is 0 Å². The lowest BCUT2D eigenvalue weighted by molar-refractivity contribution is -0.135. The van der Waals surface area contributed by atoms with Gasteiger partial charge in [-0.15, -0.1) is 0 Å². The van der Waals surface area contributed by atoms with Crippen LogP contribution in [0.2, 0.25) is 0 Å². The third-order valence-electron chi connectivity index (χ3n) is 3.12. The zero-order chi connectivity index (χ0) is 15.3. The molecule has 0 bridgehead atoms. The molecule has 2 rings (SSSR count). The zero-order valence-corrected chi connectivity index (χ0v) is 12.2. The van der Waals surface area contributed by atoms with E-state index in [4.69, 9.17) is 9.84 Å². The molecule has 0 spiro atoms. The number of hydrogen-bond donors (Lipinski definition) is 1. The largest absolute Gasteiger partial charge is 0.394 e. The van der Waals surface area contributed by atoms with Gasteiger partial charge < -0.3 is 14.7 Å². The van der Waals surface area contributed by atoms with Gasteiger partial charge in [-0.1, -0.05) is 18.2 Å². The number of carbonyl (C=O) groups excluding carboxylic acids is 1. The van der Waals surface area contributed by atoms with Crippen molar-refractivity contribution in [1.29, 1.82) is 0 Å². The molecule has 0 radical (unpaired) electrons. The maximum atomic E-state index is 12.0. The lowest BCUT2D eigenvalue weighted by atomic mass is 10.3. The molecule has 1 unspecified atom stereocenters. The SMILES string of the molecule is O=C(/C=C/S(=O)(=O)c1ccccc1)N1CCOC(CO)C1. The number of aliphatic hydroxyl groups is 1. The fourth-order valence-corrected chi connectivity index (χ4v) is 2.96. The van der Waals surface area contributed by atoms with Crippen LogP contribution in [0.4, 0.5) is 0 Å². The van der Waals surface area contributed by atoms with Crippen molar-refractivity contribution in [1.82, 2.24) is 4.90 Å². The van der Waals surface area contributed by atoms with Gasteiger partial charge in [0.1, 0.15) is 0 Å². The van der Waals surface area contributed by atoms with Gasteiger partial charge in [-0.25, -0.2) is 8.42 Å². The highest BCUT2D eigenvalue weighted by atomic mass is 32.2. The molecule has 21 heavy (non-hydrogen) atoms. The van der Waals surface area contributed by atoms with Crippen LogP contribution in [0.1, 0.15) is 0 Å². The summed E-state index contributed by atoms with van der Waals surface area (Å²) < 4.78 is 29.3. The molecule has 1 aromatic rings. The molecule has 6 nitrogen and oxygen atoms in total. The van der Waals surface area contributed by atoms with Gasteiger partial charge in [0.15, 0.2) is 9.84 Å². The topological polar surface area (TPSA) is 83.9 Å². The van der Waals surface area contributed by atoms with E-state index in [2.05, 4.69) is 0 Å². The molecule has 1 fully saturated rings. The van der Waals surface area contributed by atoms with Crippen molar-refractivity contribution in [2.75, 3.05) is 26.3 Å². The van der Waals surface area contributed by atoms with Crippen LogP contribution < -0.4 is 0 Å². The summed E-state index contributed by atoms with van der Waals surface area (Å²) in [4.78, 5) is 13.6. The minimum absolute atomic E-state index is 0.143. The van der Waals surface area contributed by atoms with Crippen molar-refractivity contribution in [3.63, 3.8) is 0 Å². The molecule has 1 aliphatic heterocycles. The first-order valence-electron chi connectivity index (χ1n) is 6.52. The highest BCUT2D eigenvalue weighted by molar-refractivity contribution is 7.94. The van der Waals surface area contributed by atoms with Crippen LogP contribution >= 0.6 is 0 Å². The number of benzene rings is 1. The van der Waals surface area contributed by atoms with Gasteiger partial charge >= 0.3 is 0 Å². The molecule has 1 aromatic carbocycles. The predicted molar refractivity (Wildman–Crippen MR) is 76.2 cm³/mol. The first-order valence-corrected chi connectivity index (χ1v) is 8.07. The minimum atomic E-state index is -3.62. The second-order valence-corrected chi connectivity index (χ2v) is 6.45. The number of carbonyl (C=O) groups is 1. The van der Waals surface area contributed by atoms with Gasteiger partial charge in [0.05, 0.1) is 24.2 Å². The number of rotatable bonds is 4. The Kier molecular flexibility index (Phi) is 5.11. The van der Waals surface area contributed by atoms with Crippen LogP contribution in [0.5, 0.6) is 0 Å². The number of aliphatic hydroxyl groups excluding tert-OH is 1. The third kappa shape index (κ3) is 4.13. The Morgan fingerprint density at radius 1 is 1.38 bits per heavy atom. The minimum Gasteiger partial charge on any atom is -0.394 e. The smallest absolute Gasteiger partial charge is 0.247 e. The molecule has 7 heteroatoms. The van der Waals surface area contributed by atoms with Crippen LogP contribution in [-0.2, 0) is 19.4 Å². The highest BCUT2D eigenvalue weighted by Crippen LogP contribution is 2.12. The van der Waals surface area contributed by atoms with E-state index >= 15 is 0 Å². The van der Waals surface area contributed by atoms with Crippen molar-refractivity contribution in [2.45, 2.75) is 11.0 Å². The summed E-state index contributed by atoms with van der Waals surface area (Å²) >= 11 is 0. The zero-order valence-electron chi connectivity index (χ0n) is 11.4. The summed E-state index contributed by atoms with van der Waals surface area (Å²) in [5.74, 6) is -0.406. The molecule has 0 aliphatic carbocycles. The first kappa shape index (κ1) is 15.7. The van der Waals surface area contributed by atoms with Gasteiger partial charge in [-0.2, -0.15) is 0 Å². The molecular formula is C14H17NO5S. The first-order chi connectivity index (χ1) is 10.0. The molecule has 0 saturated carbocycles. The Hall–Kier alpha value is -1.70. The fourth-order valence-electron chi connectivity index (χ4n) is 1.97. The standard InChI is InChI=1S/C14H17NO5S/c16-11-12-10-15(7-8-20-12)14(17)6-9-21(18,19)13-4-2-1-3-5-13/h1-6,9,12,16H,7-8,10-11H2/b9-6+. The maximum absolute atomic E-state index is 12.0. The van der Waals surface area contributed by atoms with Gasteiger partial charge in [0.2, 0.25) is 5.91 Å². The molecule has 1 N–H and O–H groups in total. The van der Waals surface area contributed by atoms with Crippen LogP contribution in [0, 0.1) is 0 Å². The molecular weight excluding hydrogens is 294 g/mol. The van der Waals surface area contributed by atoms with Crippen LogP contribution in [-0.4, -0.2) is 56.7 Å². The van der Waals surface area contributed by atoms with E-state index < -0.39 is 21.8 Å². The van der Waals surface area contributed by atoms with Gasteiger partial charge in [-0.3, -0.25) is 4.79 Å². The van der Waals surface area contributed by atoms with E-state index in [1.807, 2.05) is 0 Å². The predicted octanol–water partition coefficient (Wildman–Crippen LogP) is 0.194. The van der Waals surface area contributed by atoms with E-state index in [-0.39, 0.29) is 18.0 Å². The third-order valence-corrected chi connectivity index (χ3v) is 4.54. The lowest BCUT2D eigenvalue weighted by Crippen LogP contribution is -2.46. The number of hydrogen-bond acceptors (Lipinski definition) is 5. The second-order valence-electron chi connectivity index (χ2n) is 4.62. The number of morpholine rings is 1. The van der Waals surface area contributed by atoms with Crippen LogP contribution in [0.3, 0.4) is 0 Å². The monoisotopic (exact) mass is 311 g/mol. The molecule has 1 atom stereocenters. The van der Waals surface area contributed by atoms with E-state index in [1.165, 1.54) is 17.0 Å². The van der Waals surface area contributed by atoms with Crippen LogP contribution in [0.15, 0.2) is 46.7 Å². The maximum Gasteiger partial charge on any atom is 0.247 e. The van der Waals surface area contributed by atoms with Gasteiger partial charge in [-0.05, 0) is 12.1 Å². The lowest BCUT2D eigenvalue weighted by Gasteiger charge is -2.31. The number of nitrogens with zero attached hydrogens (tertiary/aromatic N) is 1. The average molecular weight is 311 g/mol. The second kappa shape index (κ2) is 6.84. The summed E-state index contributed by atoms with van der Waals surface area (Å²) in [6.45, 7) is 0.794. The average Bonchev–Trinajstić information content (AvgIpc) is 2.53. The van der Waals surface area contributed by atoms with E-state index in [0.29, 0.717) is 13.2 Å². The summed E-state index contributed by atoms with van der Waals surface area (Å²) in [5, 5.41) is 9.93. The van der Waals surface area contributed by atoms with Crippen molar-refractivity contribution >= 4 is 15.7 Å². The Bertz CT molecular complexity index is 612. The molecule has 1 amide bonds. The molecule has 114 valence electrons. The summed E-state index contributed by atoms with van der Waals surface area (Å²) in [7, 11) is -3.62. The van der Waals surface area contributed by atoms with Gasteiger partial charge in [0.25, 0.3) is 0 Å². The Labute approximate surface area is 123 Å². The Morgan fingerprint density at radius 3 is 2.76 bits per heavy atom. The van der Waals surface area contributed by atoms with E-state index in [0.717, 1.165) is 11.5 Å². The summed E-state index contributed by atoms with van der Waals surface area (Å²) in [6, 6.07) is 7.91. The van der Waals surface area contributed by atoms with Crippen LogP contribution in [0.25, 0.3) is 0 Å². The summed E-state index contributed by atoms with van der Waals surface area (Å²) in [5.41, 5.74) is 0. The normalized spacial score (nSPS) is 19.9. The molecule has 0 aromatic heterocycles. The van der Waals surface area contributed by atoms with E-state index in [1.54, 1.807) is 18.2 Å². The van der Waals surface area contributed by atoms with Gasteiger partial charge in [0, 0.05) is 24.6 Å². The molecule has 1 saturated heterocycles. The molecule has 1 aliphatic rings. The van der Waals surface area contributed by atoms with Crippen molar-refractivity contribution in [3.8, 4) is 0 Å². The highest BCUT2D eigenvalue weighted by Gasteiger charge is 2.22.